The number of hydrogen-bond donors (Lipinski definition) is 1. The first-order valence-electron chi connectivity index (χ1n) is 12.1. The Balaban J connectivity index is 1.77. The Morgan fingerprint density at radius 2 is 1.81 bits per heavy atom. The third-order valence-electron chi connectivity index (χ3n) is 7.27. The van der Waals surface area contributed by atoms with Crippen molar-refractivity contribution >= 4 is 5.97 Å². The number of benzene rings is 1. The molecule has 0 aromatic heterocycles. The van der Waals surface area contributed by atoms with Gasteiger partial charge >= 0.3 is 5.97 Å². The standard InChI is InChI=1S/C26H42N2O4/c1-16(2)9-19-14-28-8-7-18-11-24(30-5)25(31-6)12-21(18)23(28)10-20(19)15-32-26(29)13-22(27)17(3)4/h11-12,16-17,19-20,22-23H,7-10,13-15,27H2,1-6H3. The summed E-state index contributed by atoms with van der Waals surface area (Å²) in [5.74, 6) is 3.16. The summed E-state index contributed by atoms with van der Waals surface area (Å²) in [4.78, 5) is 15.0. The zero-order valence-electron chi connectivity index (χ0n) is 20.7. The number of esters is 1. The summed E-state index contributed by atoms with van der Waals surface area (Å²) in [5.41, 5.74) is 8.75. The van der Waals surface area contributed by atoms with E-state index in [1.165, 1.54) is 11.1 Å². The van der Waals surface area contributed by atoms with Gasteiger partial charge < -0.3 is 19.9 Å². The van der Waals surface area contributed by atoms with E-state index >= 15 is 0 Å². The molecule has 1 aromatic rings. The zero-order chi connectivity index (χ0) is 23.4. The SMILES string of the molecule is COc1cc2c(cc1OC)C1CC(COC(=O)CC(N)C(C)C)C(CC(C)C)CN1CC2. The summed E-state index contributed by atoms with van der Waals surface area (Å²) in [6, 6.07) is 4.46. The molecule has 3 rings (SSSR count). The van der Waals surface area contributed by atoms with E-state index in [1.807, 2.05) is 13.8 Å². The van der Waals surface area contributed by atoms with Crippen molar-refractivity contribution in [1.29, 1.82) is 0 Å². The smallest absolute Gasteiger partial charge is 0.307 e. The van der Waals surface area contributed by atoms with E-state index < -0.39 is 0 Å². The molecule has 180 valence electrons. The van der Waals surface area contributed by atoms with Crippen LogP contribution < -0.4 is 15.2 Å². The summed E-state index contributed by atoms with van der Waals surface area (Å²) in [7, 11) is 3.38. The number of carbonyl (C=O) groups is 1. The van der Waals surface area contributed by atoms with E-state index in [2.05, 4.69) is 30.9 Å². The minimum absolute atomic E-state index is 0.150. The van der Waals surface area contributed by atoms with Crippen molar-refractivity contribution in [2.45, 2.75) is 65.5 Å². The van der Waals surface area contributed by atoms with E-state index in [0.717, 1.165) is 43.9 Å². The van der Waals surface area contributed by atoms with E-state index in [0.29, 0.717) is 30.4 Å². The molecule has 4 unspecified atom stereocenters. The molecule has 4 atom stereocenters. The fraction of sp³-hybridized carbons (Fsp3) is 0.731. The number of rotatable bonds is 9. The van der Waals surface area contributed by atoms with Gasteiger partial charge in [-0.2, -0.15) is 0 Å². The Morgan fingerprint density at radius 1 is 1.12 bits per heavy atom. The van der Waals surface area contributed by atoms with Crippen molar-refractivity contribution in [3.8, 4) is 11.5 Å². The van der Waals surface area contributed by atoms with Crippen LogP contribution in [0.15, 0.2) is 12.1 Å². The maximum absolute atomic E-state index is 12.4. The average molecular weight is 447 g/mol. The quantitative estimate of drug-likeness (QED) is 0.573. The zero-order valence-corrected chi connectivity index (χ0v) is 20.7. The molecule has 2 aliphatic rings. The van der Waals surface area contributed by atoms with Crippen molar-refractivity contribution in [1.82, 2.24) is 4.90 Å². The first kappa shape index (κ1) is 24.8. The Morgan fingerprint density at radius 3 is 2.44 bits per heavy atom. The van der Waals surface area contributed by atoms with Crippen molar-refractivity contribution < 1.29 is 19.0 Å². The van der Waals surface area contributed by atoms with Crippen LogP contribution in [0.4, 0.5) is 0 Å². The van der Waals surface area contributed by atoms with Gasteiger partial charge in [0.25, 0.3) is 0 Å². The van der Waals surface area contributed by atoms with Gasteiger partial charge in [0.1, 0.15) is 0 Å². The maximum atomic E-state index is 12.4. The van der Waals surface area contributed by atoms with Crippen LogP contribution in [0.25, 0.3) is 0 Å². The number of piperidine rings is 1. The van der Waals surface area contributed by atoms with Gasteiger partial charge in [-0.3, -0.25) is 9.69 Å². The van der Waals surface area contributed by atoms with Crippen molar-refractivity contribution in [2.75, 3.05) is 33.9 Å². The van der Waals surface area contributed by atoms with Crippen molar-refractivity contribution in [3.63, 3.8) is 0 Å². The molecule has 2 aliphatic heterocycles. The lowest BCUT2D eigenvalue weighted by Gasteiger charge is -2.47. The summed E-state index contributed by atoms with van der Waals surface area (Å²) in [6.07, 6.45) is 3.45. The molecule has 0 radical (unpaired) electrons. The number of nitrogens with two attached hydrogens (primary N) is 1. The minimum atomic E-state index is -0.174. The Bertz CT molecular complexity index is 779. The van der Waals surface area contributed by atoms with Gasteiger partial charge in [-0.15, -0.1) is 0 Å². The van der Waals surface area contributed by atoms with Crippen LogP contribution in [0.1, 0.15) is 64.1 Å². The third kappa shape index (κ3) is 5.76. The monoisotopic (exact) mass is 446 g/mol. The number of ether oxygens (including phenoxy) is 3. The second-order valence-corrected chi connectivity index (χ2v) is 10.3. The normalized spacial score (nSPS) is 24.1. The minimum Gasteiger partial charge on any atom is -0.493 e. The Kier molecular flexibility index (Phi) is 8.45. The Labute approximate surface area is 193 Å². The first-order valence-corrected chi connectivity index (χ1v) is 12.1. The van der Waals surface area contributed by atoms with Gasteiger partial charge in [0.15, 0.2) is 11.5 Å². The highest BCUT2D eigenvalue weighted by atomic mass is 16.5. The summed E-state index contributed by atoms with van der Waals surface area (Å²) >= 11 is 0. The molecule has 0 spiro atoms. The second kappa shape index (κ2) is 10.9. The van der Waals surface area contributed by atoms with Gasteiger partial charge in [-0.25, -0.2) is 0 Å². The van der Waals surface area contributed by atoms with Crippen LogP contribution >= 0.6 is 0 Å². The van der Waals surface area contributed by atoms with Crippen LogP contribution in [-0.4, -0.2) is 50.8 Å². The van der Waals surface area contributed by atoms with Crippen molar-refractivity contribution in [3.05, 3.63) is 23.3 Å². The van der Waals surface area contributed by atoms with Crippen LogP contribution in [-0.2, 0) is 16.0 Å². The lowest BCUT2D eigenvalue weighted by atomic mass is 9.74. The first-order chi connectivity index (χ1) is 15.2. The topological polar surface area (TPSA) is 74.0 Å². The molecule has 0 bridgehead atoms. The highest BCUT2D eigenvalue weighted by Crippen LogP contribution is 2.45. The number of hydrogen-bond acceptors (Lipinski definition) is 6. The van der Waals surface area contributed by atoms with E-state index in [-0.39, 0.29) is 24.3 Å². The predicted molar refractivity (Wildman–Crippen MR) is 127 cm³/mol. The van der Waals surface area contributed by atoms with Crippen LogP contribution in [0, 0.1) is 23.7 Å². The van der Waals surface area contributed by atoms with Crippen LogP contribution in [0.3, 0.4) is 0 Å². The summed E-state index contributed by atoms with van der Waals surface area (Å²) in [5, 5.41) is 0. The number of fused-ring (bicyclic) bond motifs is 3. The molecule has 1 saturated heterocycles. The number of carbonyl (C=O) groups excluding carboxylic acids is 1. The number of nitrogens with zero attached hydrogens (tertiary/aromatic N) is 1. The highest BCUT2D eigenvalue weighted by Gasteiger charge is 2.40. The number of methoxy groups -OCH3 is 2. The summed E-state index contributed by atoms with van der Waals surface area (Å²) in [6.45, 7) is 11.2. The second-order valence-electron chi connectivity index (χ2n) is 10.3. The lowest BCUT2D eigenvalue weighted by Crippen LogP contribution is -2.47. The van der Waals surface area contributed by atoms with E-state index in [4.69, 9.17) is 19.9 Å². The molecule has 0 saturated carbocycles. The molecule has 1 fully saturated rings. The van der Waals surface area contributed by atoms with Gasteiger partial charge in [-0.1, -0.05) is 27.7 Å². The third-order valence-corrected chi connectivity index (χ3v) is 7.27. The fourth-order valence-corrected chi connectivity index (χ4v) is 5.27. The molecule has 32 heavy (non-hydrogen) atoms. The molecule has 0 aliphatic carbocycles. The molecule has 6 nitrogen and oxygen atoms in total. The highest BCUT2D eigenvalue weighted by molar-refractivity contribution is 5.70. The van der Waals surface area contributed by atoms with E-state index in [9.17, 15) is 4.79 Å². The van der Waals surface area contributed by atoms with Crippen LogP contribution in [0.2, 0.25) is 0 Å². The maximum Gasteiger partial charge on any atom is 0.307 e. The summed E-state index contributed by atoms with van der Waals surface area (Å²) < 4.78 is 16.9. The van der Waals surface area contributed by atoms with Gasteiger partial charge in [0, 0.05) is 25.2 Å². The van der Waals surface area contributed by atoms with Crippen molar-refractivity contribution in [2.24, 2.45) is 29.4 Å². The van der Waals surface area contributed by atoms with Crippen LogP contribution in [0.5, 0.6) is 11.5 Å². The molecular formula is C26H42N2O4. The molecular weight excluding hydrogens is 404 g/mol. The fourth-order valence-electron chi connectivity index (χ4n) is 5.27. The molecule has 0 amide bonds. The van der Waals surface area contributed by atoms with Gasteiger partial charge in [0.05, 0.1) is 27.2 Å². The molecule has 6 heteroatoms. The largest absolute Gasteiger partial charge is 0.493 e. The predicted octanol–water partition coefficient (Wildman–Crippen LogP) is 4.20. The molecule has 1 aromatic carbocycles. The molecule has 2 N–H and O–H groups in total. The van der Waals surface area contributed by atoms with E-state index in [1.54, 1.807) is 14.2 Å². The average Bonchev–Trinajstić information content (AvgIpc) is 2.75. The Hall–Kier alpha value is -1.79. The van der Waals surface area contributed by atoms with Gasteiger partial charge in [0.2, 0.25) is 0 Å². The molecule has 2 heterocycles. The van der Waals surface area contributed by atoms with Gasteiger partial charge in [-0.05, 0) is 66.2 Å². The lowest BCUT2D eigenvalue weighted by molar-refractivity contribution is -0.147.